The lowest BCUT2D eigenvalue weighted by molar-refractivity contribution is -0.120. The molecule has 7 nitrogen and oxygen atoms in total. The molecule has 0 unspecified atom stereocenters. The van der Waals surface area contributed by atoms with E-state index in [-0.39, 0.29) is 23.8 Å². The van der Waals surface area contributed by atoms with Gasteiger partial charge in [-0.2, -0.15) is 5.10 Å². The van der Waals surface area contributed by atoms with Gasteiger partial charge in [0, 0.05) is 0 Å². The Labute approximate surface area is 230 Å². The van der Waals surface area contributed by atoms with Crippen molar-refractivity contribution in [2.75, 3.05) is 0 Å². The molecular formula is C33H24N2O5. The highest BCUT2D eigenvalue weighted by molar-refractivity contribution is 5.94. The van der Waals surface area contributed by atoms with Gasteiger partial charge in [0.15, 0.2) is 11.5 Å². The Hall–Kier alpha value is -5.56. The summed E-state index contributed by atoms with van der Waals surface area (Å²) in [5.74, 6) is -1.40. The Bertz CT molecular complexity index is 1690. The summed E-state index contributed by atoms with van der Waals surface area (Å²) in [4.78, 5) is 38.0. The molecule has 5 aromatic rings. The molecule has 196 valence electrons. The first-order chi connectivity index (χ1) is 19.6. The van der Waals surface area contributed by atoms with E-state index in [0.29, 0.717) is 16.7 Å². The van der Waals surface area contributed by atoms with Crippen LogP contribution in [0.5, 0.6) is 11.5 Å². The van der Waals surface area contributed by atoms with Gasteiger partial charge in [0.05, 0.1) is 23.8 Å². The summed E-state index contributed by atoms with van der Waals surface area (Å²) >= 11 is 0. The second-order valence-corrected chi connectivity index (χ2v) is 8.83. The van der Waals surface area contributed by atoms with Gasteiger partial charge in [-0.25, -0.2) is 15.0 Å². The van der Waals surface area contributed by atoms with Gasteiger partial charge in [0.25, 0.3) is 0 Å². The molecule has 0 aromatic heterocycles. The molecule has 0 aliphatic heterocycles. The first kappa shape index (κ1) is 26.1. The number of hydrogen-bond acceptors (Lipinski definition) is 6. The maximum atomic E-state index is 12.8. The molecule has 7 heteroatoms. The van der Waals surface area contributed by atoms with Crippen molar-refractivity contribution >= 4 is 34.8 Å². The molecule has 0 fully saturated rings. The molecule has 40 heavy (non-hydrogen) atoms. The van der Waals surface area contributed by atoms with E-state index in [1.54, 1.807) is 66.7 Å². The Morgan fingerprint density at radius 2 is 1.25 bits per heavy atom. The maximum absolute atomic E-state index is 12.8. The second kappa shape index (κ2) is 12.3. The summed E-state index contributed by atoms with van der Waals surface area (Å²) in [5, 5.41) is 6.13. The van der Waals surface area contributed by atoms with Crippen LogP contribution >= 0.6 is 0 Å². The van der Waals surface area contributed by atoms with Crippen molar-refractivity contribution in [2.45, 2.75) is 6.42 Å². The van der Waals surface area contributed by atoms with Gasteiger partial charge in [-0.05, 0) is 64.4 Å². The SMILES string of the molecule is O=C(Cc1cccc2ccccc12)NN=Cc1ccc(OC(=O)c2ccccc2)c(OC(=O)c2ccccc2)c1. The molecule has 0 aliphatic rings. The van der Waals surface area contributed by atoms with Gasteiger partial charge in [0.2, 0.25) is 5.91 Å². The summed E-state index contributed by atoms with van der Waals surface area (Å²) in [6, 6.07) is 35.3. The highest BCUT2D eigenvalue weighted by Crippen LogP contribution is 2.30. The fourth-order valence-electron chi connectivity index (χ4n) is 4.07. The number of amides is 1. The van der Waals surface area contributed by atoms with Crippen LogP contribution in [0.2, 0.25) is 0 Å². The van der Waals surface area contributed by atoms with Crippen LogP contribution in [-0.2, 0) is 11.2 Å². The number of nitrogens with zero attached hydrogens (tertiary/aromatic N) is 1. The summed E-state index contributed by atoms with van der Waals surface area (Å²) in [6.07, 6.45) is 1.58. The van der Waals surface area contributed by atoms with E-state index in [1.807, 2.05) is 42.5 Å². The molecule has 5 aromatic carbocycles. The third kappa shape index (κ3) is 6.46. The average molecular weight is 529 g/mol. The van der Waals surface area contributed by atoms with Crippen LogP contribution in [0.3, 0.4) is 0 Å². The van der Waals surface area contributed by atoms with Gasteiger partial charge in [-0.1, -0.05) is 78.9 Å². The highest BCUT2D eigenvalue weighted by atomic mass is 16.6. The normalized spacial score (nSPS) is 10.8. The number of nitrogens with one attached hydrogen (secondary N) is 1. The number of ether oxygens (including phenoxy) is 2. The molecule has 0 spiro atoms. The van der Waals surface area contributed by atoms with E-state index in [2.05, 4.69) is 10.5 Å². The van der Waals surface area contributed by atoms with E-state index < -0.39 is 11.9 Å². The molecule has 0 heterocycles. The molecule has 0 aliphatic carbocycles. The third-order valence-electron chi connectivity index (χ3n) is 6.03. The zero-order chi connectivity index (χ0) is 27.7. The van der Waals surface area contributed by atoms with Crippen LogP contribution in [-0.4, -0.2) is 24.1 Å². The minimum atomic E-state index is -0.616. The van der Waals surface area contributed by atoms with Crippen LogP contribution in [0.25, 0.3) is 10.8 Å². The van der Waals surface area contributed by atoms with Crippen LogP contribution in [0, 0.1) is 0 Å². The lowest BCUT2D eigenvalue weighted by Crippen LogP contribution is -2.20. The Kier molecular flexibility index (Phi) is 8.03. The number of hydrogen-bond donors (Lipinski definition) is 1. The second-order valence-electron chi connectivity index (χ2n) is 8.83. The predicted molar refractivity (Wildman–Crippen MR) is 153 cm³/mol. The van der Waals surface area contributed by atoms with E-state index in [4.69, 9.17) is 9.47 Å². The number of carbonyl (C=O) groups is 3. The molecule has 0 radical (unpaired) electrons. The third-order valence-corrected chi connectivity index (χ3v) is 6.03. The van der Waals surface area contributed by atoms with Crippen LogP contribution < -0.4 is 14.9 Å². The Morgan fingerprint density at radius 3 is 1.95 bits per heavy atom. The zero-order valence-corrected chi connectivity index (χ0v) is 21.3. The molecule has 1 N–H and O–H groups in total. The van der Waals surface area contributed by atoms with Gasteiger partial charge < -0.3 is 9.47 Å². The number of fused-ring (bicyclic) bond motifs is 1. The Balaban J connectivity index is 1.32. The first-order valence-corrected chi connectivity index (χ1v) is 12.5. The highest BCUT2D eigenvalue weighted by Gasteiger charge is 2.17. The molecule has 0 bridgehead atoms. The van der Waals surface area contributed by atoms with Gasteiger partial charge in [-0.15, -0.1) is 0 Å². The number of hydrazone groups is 1. The average Bonchev–Trinajstić information content (AvgIpc) is 2.99. The first-order valence-electron chi connectivity index (χ1n) is 12.5. The quantitative estimate of drug-likeness (QED) is 0.116. The van der Waals surface area contributed by atoms with Crippen molar-refractivity contribution in [1.29, 1.82) is 0 Å². The topological polar surface area (TPSA) is 94.1 Å². The molecule has 5 rings (SSSR count). The van der Waals surface area contributed by atoms with Crippen molar-refractivity contribution in [3.05, 3.63) is 144 Å². The van der Waals surface area contributed by atoms with Crippen LogP contribution in [0.4, 0.5) is 0 Å². The molecule has 0 saturated heterocycles. The summed E-state index contributed by atoms with van der Waals surface area (Å²) in [5.41, 5.74) is 4.63. The van der Waals surface area contributed by atoms with E-state index in [1.165, 1.54) is 18.3 Å². The lowest BCUT2D eigenvalue weighted by Gasteiger charge is -2.11. The maximum Gasteiger partial charge on any atom is 0.343 e. The number of esters is 2. The standard InChI is InChI=1S/C33H24N2O5/c36-31(21-27-16-9-15-24-10-7-8-17-28(24)27)35-34-22-23-18-19-29(39-32(37)25-11-3-1-4-12-25)30(20-23)40-33(38)26-13-5-2-6-14-26/h1-20,22H,21H2,(H,35,36). The number of carbonyl (C=O) groups excluding carboxylic acids is 3. The van der Waals surface area contributed by atoms with E-state index in [9.17, 15) is 14.4 Å². The smallest absolute Gasteiger partial charge is 0.343 e. The van der Waals surface area contributed by atoms with Crippen molar-refractivity contribution in [3.8, 4) is 11.5 Å². The number of rotatable bonds is 8. The minimum Gasteiger partial charge on any atom is -0.419 e. The van der Waals surface area contributed by atoms with Crippen molar-refractivity contribution in [1.82, 2.24) is 5.43 Å². The molecular weight excluding hydrogens is 504 g/mol. The van der Waals surface area contributed by atoms with E-state index in [0.717, 1.165) is 16.3 Å². The molecule has 0 atom stereocenters. The van der Waals surface area contributed by atoms with Gasteiger partial charge in [-0.3, -0.25) is 4.79 Å². The minimum absolute atomic E-state index is 0.0316. The fraction of sp³-hybridized carbons (Fsp3) is 0.0303. The monoisotopic (exact) mass is 528 g/mol. The van der Waals surface area contributed by atoms with Crippen molar-refractivity contribution in [2.24, 2.45) is 5.10 Å². The molecule has 0 saturated carbocycles. The Morgan fingerprint density at radius 1 is 0.650 bits per heavy atom. The van der Waals surface area contributed by atoms with E-state index >= 15 is 0 Å². The summed E-state index contributed by atoms with van der Waals surface area (Å²) < 4.78 is 11.1. The summed E-state index contributed by atoms with van der Waals surface area (Å²) in [7, 11) is 0. The predicted octanol–water partition coefficient (Wildman–Crippen LogP) is 5.97. The lowest BCUT2D eigenvalue weighted by atomic mass is 10.0. The van der Waals surface area contributed by atoms with Crippen molar-refractivity contribution < 1.29 is 23.9 Å². The molecule has 1 amide bonds. The van der Waals surface area contributed by atoms with Crippen molar-refractivity contribution in [3.63, 3.8) is 0 Å². The van der Waals surface area contributed by atoms with Crippen LogP contribution in [0.15, 0.2) is 126 Å². The van der Waals surface area contributed by atoms with Gasteiger partial charge >= 0.3 is 11.9 Å². The van der Waals surface area contributed by atoms with Gasteiger partial charge in [0.1, 0.15) is 0 Å². The fourth-order valence-corrected chi connectivity index (χ4v) is 4.07. The summed E-state index contributed by atoms with van der Waals surface area (Å²) in [6.45, 7) is 0. The zero-order valence-electron chi connectivity index (χ0n) is 21.3. The largest absolute Gasteiger partial charge is 0.419 e. The number of benzene rings is 5. The van der Waals surface area contributed by atoms with Crippen LogP contribution in [0.1, 0.15) is 31.8 Å².